The van der Waals surface area contributed by atoms with Crippen molar-refractivity contribution in [3.63, 3.8) is 0 Å². The third-order valence-corrected chi connectivity index (χ3v) is 9.55. The molecule has 0 aromatic heterocycles. The molecule has 9 nitrogen and oxygen atoms in total. The molecular formula is C50H64N2O7. The van der Waals surface area contributed by atoms with Crippen LogP contribution in [0.4, 0.5) is 11.4 Å². The van der Waals surface area contributed by atoms with Crippen LogP contribution in [0.3, 0.4) is 0 Å². The molecular weight excluding hydrogens is 741 g/mol. The van der Waals surface area contributed by atoms with Crippen molar-refractivity contribution >= 4 is 35.7 Å². The number of nitrogens with zero attached hydrogens (tertiary/aromatic N) is 2. The second kappa shape index (κ2) is 27.4. The molecule has 0 saturated carbocycles. The molecule has 0 amide bonds. The van der Waals surface area contributed by atoms with Crippen LogP contribution in [0, 0.1) is 0 Å². The Balaban J connectivity index is 1.09. The summed E-state index contributed by atoms with van der Waals surface area (Å²) < 4.78 is 28.6. The van der Waals surface area contributed by atoms with E-state index in [9.17, 15) is 9.59 Å². The largest absolute Gasteiger partial charge is 0.494 e. The minimum atomic E-state index is -0.505. The molecule has 316 valence electrons. The molecule has 4 aromatic rings. The minimum absolute atomic E-state index is 0.153. The van der Waals surface area contributed by atoms with Crippen LogP contribution in [0.25, 0.3) is 0 Å². The molecule has 0 aliphatic heterocycles. The number of carbonyl (C=O) groups is 2. The van der Waals surface area contributed by atoms with Crippen molar-refractivity contribution in [1.82, 2.24) is 0 Å². The van der Waals surface area contributed by atoms with Crippen molar-refractivity contribution in [3.8, 4) is 11.5 Å². The van der Waals surface area contributed by atoms with Gasteiger partial charge in [0.15, 0.2) is 0 Å². The van der Waals surface area contributed by atoms with Crippen LogP contribution in [0.1, 0.15) is 137 Å². The number of hydrogen-bond acceptors (Lipinski definition) is 9. The average molecular weight is 805 g/mol. The Morgan fingerprint density at radius 1 is 0.492 bits per heavy atom. The van der Waals surface area contributed by atoms with E-state index in [-0.39, 0.29) is 13.2 Å². The Hall–Kier alpha value is -5.28. The van der Waals surface area contributed by atoms with E-state index in [0.717, 1.165) is 60.1 Å². The van der Waals surface area contributed by atoms with Crippen molar-refractivity contribution in [1.29, 1.82) is 0 Å². The molecule has 0 heterocycles. The van der Waals surface area contributed by atoms with Crippen LogP contribution < -0.4 is 9.47 Å². The second-order valence-corrected chi connectivity index (χ2v) is 14.9. The third kappa shape index (κ3) is 18.9. The Morgan fingerprint density at radius 3 is 1.22 bits per heavy atom. The molecule has 0 spiro atoms. The summed E-state index contributed by atoms with van der Waals surface area (Å²) in [6, 6.07) is 29.6. The van der Waals surface area contributed by atoms with Crippen molar-refractivity contribution in [3.05, 3.63) is 119 Å². The van der Waals surface area contributed by atoms with Crippen molar-refractivity contribution < 1.29 is 33.3 Å². The van der Waals surface area contributed by atoms with E-state index in [1.165, 1.54) is 64.2 Å². The summed E-state index contributed by atoms with van der Waals surface area (Å²) in [5, 5.41) is 0. The van der Waals surface area contributed by atoms with E-state index in [2.05, 4.69) is 23.8 Å². The van der Waals surface area contributed by atoms with Crippen LogP contribution >= 0.6 is 0 Å². The van der Waals surface area contributed by atoms with Gasteiger partial charge in [-0.3, -0.25) is 9.98 Å². The molecule has 4 rings (SSSR count). The number of rotatable bonds is 28. The predicted molar refractivity (Wildman–Crippen MR) is 239 cm³/mol. The third-order valence-electron chi connectivity index (χ3n) is 9.55. The average Bonchev–Trinajstić information content (AvgIpc) is 3.25. The normalized spacial score (nSPS) is 12.4. The number of unbranched alkanes of at least 4 members (excludes halogenated alkanes) is 10. The fourth-order valence-electron chi connectivity index (χ4n) is 6.08. The number of hydrogen-bond donors (Lipinski definition) is 0. The maximum Gasteiger partial charge on any atom is 0.338 e. The van der Waals surface area contributed by atoms with Gasteiger partial charge in [0, 0.05) is 12.4 Å². The lowest BCUT2D eigenvalue weighted by molar-refractivity contribution is -0.0262. The van der Waals surface area contributed by atoms with Crippen LogP contribution in [0.5, 0.6) is 11.5 Å². The zero-order chi connectivity index (χ0) is 41.9. The first-order chi connectivity index (χ1) is 28.8. The number of aliphatic imine (C=N–C) groups is 2. The maximum absolute atomic E-state index is 12.7. The summed E-state index contributed by atoms with van der Waals surface area (Å²) in [6.45, 7) is 9.74. The van der Waals surface area contributed by atoms with Crippen LogP contribution in [0.2, 0.25) is 0 Å². The zero-order valence-electron chi connectivity index (χ0n) is 35.6. The first kappa shape index (κ1) is 46.4. The van der Waals surface area contributed by atoms with E-state index in [1.54, 1.807) is 74.8 Å². The SMILES string of the molecule is CCCCCCCCOc1ccc(C=Nc2ccc(C(=O)O[C@H](C)COC[C@H](C)OC(=O)c3ccc(N=Cc4ccc(OCCCCCCCC)cc4)cc3)cc2)cc1. The highest BCUT2D eigenvalue weighted by atomic mass is 16.6. The molecule has 0 unspecified atom stereocenters. The first-order valence-electron chi connectivity index (χ1n) is 21.6. The van der Waals surface area contributed by atoms with Gasteiger partial charge in [0.2, 0.25) is 0 Å². The molecule has 2 atom stereocenters. The number of carbonyl (C=O) groups excluding carboxylic acids is 2. The van der Waals surface area contributed by atoms with Crippen LogP contribution in [-0.4, -0.2) is 63.0 Å². The lowest BCUT2D eigenvalue weighted by Gasteiger charge is -2.17. The molecule has 0 N–H and O–H groups in total. The predicted octanol–water partition coefficient (Wildman–Crippen LogP) is 12.5. The van der Waals surface area contributed by atoms with Gasteiger partial charge in [-0.2, -0.15) is 0 Å². The topological polar surface area (TPSA) is 105 Å². The summed E-state index contributed by atoms with van der Waals surface area (Å²) in [4.78, 5) is 34.5. The maximum atomic E-state index is 12.7. The van der Waals surface area contributed by atoms with E-state index < -0.39 is 24.1 Å². The van der Waals surface area contributed by atoms with E-state index in [1.807, 2.05) is 48.5 Å². The lowest BCUT2D eigenvalue weighted by atomic mass is 10.1. The highest BCUT2D eigenvalue weighted by Crippen LogP contribution is 2.19. The van der Waals surface area contributed by atoms with Gasteiger partial charge >= 0.3 is 11.9 Å². The molecule has 0 bridgehead atoms. The summed E-state index contributed by atoms with van der Waals surface area (Å²) in [5.74, 6) is 0.807. The summed E-state index contributed by atoms with van der Waals surface area (Å²) in [6.07, 6.45) is 17.4. The molecule has 59 heavy (non-hydrogen) atoms. The summed E-state index contributed by atoms with van der Waals surface area (Å²) >= 11 is 0. The molecule has 4 aromatic carbocycles. The lowest BCUT2D eigenvalue weighted by Crippen LogP contribution is -2.25. The van der Waals surface area contributed by atoms with Gasteiger partial charge in [-0.1, -0.05) is 78.1 Å². The van der Waals surface area contributed by atoms with Gasteiger partial charge < -0.3 is 23.7 Å². The first-order valence-corrected chi connectivity index (χ1v) is 21.6. The Morgan fingerprint density at radius 2 is 0.847 bits per heavy atom. The van der Waals surface area contributed by atoms with E-state index >= 15 is 0 Å². The van der Waals surface area contributed by atoms with Gasteiger partial charge in [-0.15, -0.1) is 0 Å². The standard InChI is InChI=1S/C50H64N2O7/c1-5-7-9-11-13-15-33-56-47-29-17-41(18-30-47)35-51-45-25-21-43(22-26-45)49(53)58-39(3)37-55-38-40(4)59-50(54)44-23-27-46(28-24-44)52-36-42-19-31-48(32-20-42)57-34-16-14-12-10-8-6-2/h17-32,35-36,39-40H,5-16,33-34,37-38H2,1-4H3/t39-,40+. The Bertz CT molecular complexity index is 1690. The zero-order valence-corrected chi connectivity index (χ0v) is 35.6. The van der Waals surface area contributed by atoms with Gasteiger partial charge in [-0.25, -0.2) is 9.59 Å². The highest BCUT2D eigenvalue weighted by molar-refractivity contribution is 5.91. The van der Waals surface area contributed by atoms with Crippen LogP contribution in [0.15, 0.2) is 107 Å². The van der Waals surface area contributed by atoms with Crippen molar-refractivity contribution in [2.24, 2.45) is 9.98 Å². The van der Waals surface area contributed by atoms with Gasteiger partial charge in [-0.05, 0) is 135 Å². The number of ether oxygens (including phenoxy) is 5. The second-order valence-electron chi connectivity index (χ2n) is 14.9. The van der Waals surface area contributed by atoms with Crippen LogP contribution in [-0.2, 0) is 14.2 Å². The number of esters is 2. The molecule has 0 radical (unpaired) electrons. The minimum Gasteiger partial charge on any atom is -0.494 e. The molecule has 0 fully saturated rings. The van der Waals surface area contributed by atoms with Gasteiger partial charge in [0.1, 0.15) is 23.7 Å². The monoisotopic (exact) mass is 804 g/mol. The molecule has 0 saturated heterocycles. The van der Waals surface area contributed by atoms with Crippen molar-refractivity contribution in [2.75, 3.05) is 26.4 Å². The van der Waals surface area contributed by atoms with E-state index in [0.29, 0.717) is 11.1 Å². The molecule has 0 aliphatic rings. The Labute approximate surface area is 352 Å². The van der Waals surface area contributed by atoms with Crippen molar-refractivity contribution in [2.45, 2.75) is 117 Å². The number of benzene rings is 4. The summed E-state index contributed by atoms with van der Waals surface area (Å²) in [7, 11) is 0. The fraction of sp³-hybridized carbons (Fsp3) is 0.440. The van der Waals surface area contributed by atoms with Gasteiger partial charge in [0.25, 0.3) is 0 Å². The molecule has 9 heteroatoms. The fourth-order valence-corrected chi connectivity index (χ4v) is 6.08. The van der Waals surface area contributed by atoms with E-state index in [4.69, 9.17) is 23.7 Å². The van der Waals surface area contributed by atoms with Gasteiger partial charge in [0.05, 0.1) is 48.9 Å². The quantitative estimate of drug-likeness (QED) is 0.0320. The smallest absolute Gasteiger partial charge is 0.338 e. The summed E-state index contributed by atoms with van der Waals surface area (Å²) in [5.41, 5.74) is 4.18. The Kier molecular flexibility index (Phi) is 21.6. The molecule has 0 aliphatic carbocycles. The highest BCUT2D eigenvalue weighted by Gasteiger charge is 2.15.